The number of thiophene rings is 2. The Morgan fingerprint density at radius 2 is 0.961 bits per heavy atom. The van der Waals surface area contributed by atoms with Crippen LogP contribution in [0.3, 0.4) is 0 Å². The van der Waals surface area contributed by atoms with Gasteiger partial charge in [0.2, 0.25) is 5.95 Å². The molecule has 0 saturated heterocycles. The summed E-state index contributed by atoms with van der Waals surface area (Å²) in [7, 11) is 0. The highest BCUT2D eigenvalue weighted by atomic mass is 32.1. The first kappa shape index (κ1) is 28.6. The Morgan fingerprint density at radius 3 is 1.73 bits per heavy atom. The standard InChI is InChI=1S/C45H26N4S2/c1-2-12-27(13-3-1)43-46-44(48-45(47-43)49-37-21-7-4-14-30(37)31-15-5-8-22-38(31)49)36-20-11-19-35-34-18-10-17-29(41(34)51-42(35)36)28-24-25-33-32-16-6-9-23-39(32)50-40(33)26-28/h1-26H. The van der Waals surface area contributed by atoms with Crippen molar-refractivity contribution in [3.8, 4) is 39.9 Å². The third-order valence-electron chi connectivity index (χ3n) is 9.89. The Morgan fingerprint density at radius 1 is 0.373 bits per heavy atom. The fourth-order valence-electron chi connectivity index (χ4n) is 7.56. The van der Waals surface area contributed by atoms with Crippen LogP contribution in [0.25, 0.3) is 102 Å². The van der Waals surface area contributed by atoms with E-state index in [9.17, 15) is 0 Å². The number of rotatable bonds is 4. The van der Waals surface area contributed by atoms with Crippen LogP contribution >= 0.6 is 22.7 Å². The van der Waals surface area contributed by atoms with Gasteiger partial charge in [-0.15, -0.1) is 22.7 Å². The van der Waals surface area contributed by atoms with E-state index in [1.165, 1.54) is 62.2 Å². The van der Waals surface area contributed by atoms with E-state index < -0.39 is 0 Å². The van der Waals surface area contributed by atoms with Gasteiger partial charge < -0.3 is 0 Å². The highest BCUT2D eigenvalue weighted by Gasteiger charge is 2.20. The number of fused-ring (bicyclic) bond motifs is 9. The van der Waals surface area contributed by atoms with Crippen LogP contribution in [-0.2, 0) is 0 Å². The largest absolute Gasteiger partial charge is 0.278 e. The molecule has 11 aromatic rings. The molecule has 0 aliphatic carbocycles. The number of hydrogen-bond acceptors (Lipinski definition) is 5. The van der Waals surface area contributed by atoms with Gasteiger partial charge in [0.25, 0.3) is 0 Å². The van der Waals surface area contributed by atoms with E-state index in [0.717, 1.165) is 22.2 Å². The Balaban J connectivity index is 1.15. The number of benzene rings is 7. The van der Waals surface area contributed by atoms with E-state index in [1.54, 1.807) is 0 Å². The van der Waals surface area contributed by atoms with Gasteiger partial charge in [-0.25, -0.2) is 4.98 Å². The molecule has 0 spiro atoms. The topological polar surface area (TPSA) is 43.6 Å². The summed E-state index contributed by atoms with van der Waals surface area (Å²) in [6.45, 7) is 0. The first-order valence-corrected chi connectivity index (χ1v) is 18.6. The van der Waals surface area contributed by atoms with Crippen molar-refractivity contribution >= 4 is 84.8 Å². The normalized spacial score (nSPS) is 11.9. The maximum atomic E-state index is 5.28. The van der Waals surface area contributed by atoms with Gasteiger partial charge in [-0.2, -0.15) is 9.97 Å². The second-order valence-corrected chi connectivity index (χ2v) is 14.9. The lowest BCUT2D eigenvalue weighted by Crippen LogP contribution is -2.06. The molecule has 0 aliphatic rings. The van der Waals surface area contributed by atoms with E-state index in [1.807, 2.05) is 40.9 Å². The van der Waals surface area contributed by atoms with Gasteiger partial charge in [0, 0.05) is 62.2 Å². The van der Waals surface area contributed by atoms with E-state index >= 15 is 0 Å². The zero-order valence-electron chi connectivity index (χ0n) is 27.1. The van der Waals surface area contributed by atoms with E-state index in [4.69, 9.17) is 15.0 Å². The fraction of sp³-hybridized carbons (Fsp3) is 0. The van der Waals surface area contributed by atoms with Crippen LogP contribution in [0.4, 0.5) is 0 Å². The van der Waals surface area contributed by atoms with Crippen molar-refractivity contribution in [2.75, 3.05) is 0 Å². The zero-order chi connectivity index (χ0) is 33.5. The Hall–Kier alpha value is -6.21. The van der Waals surface area contributed by atoms with Crippen molar-refractivity contribution in [2.45, 2.75) is 0 Å². The van der Waals surface area contributed by atoms with Crippen molar-refractivity contribution in [2.24, 2.45) is 0 Å². The minimum absolute atomic E-state index is 0.603. The van der Waals surface area contributed by atoms with Gasteiger partial charge in [-0.3, -0.25) is 4.57 Å². The van der Waals surface area contributed by atoms with Gasteiger partial charge in [-0.05, 0) is 41.5 Å². The molecule has 4 nitrogen and oxygen atoms in total. The van der Waals surface area contributed by atoms with Crippen molar-refractivity contribution in [1.82, 2.24) is 19.5 Å². The lowest BCUT2D eigenvalue weighted by Gasteiger charge is -2.11. The van der Waals surface area contributed by atoms with Crippen LogP contribution in [0.15, 0.2) is 158 Å². The minimum atomic E-state index is 0.603. The third-order valence-corrected chi connectivity index (χ3v) is 12.3. The molecule has 0 amide bonds. The summed E-state index contributed by atoms with van der Waals surface area (Å²) >= 11 is 3.68. The summed E-state index contributed by atoms with van der Waals surface area (Å²) in [4.78, 5) is 15.6. The van der Waals surface area contributed by atoms with Crippen LogP contribution in [0.1, 0.15) is 0 Å². The molecular weight excluding hydrogens is 661 g/mol. The molecule has 0 bridgehead atoms. The Bertz CT molecular complexity index is 3100. The average molecular weight is 687 g/mol. The monoisotopic (exact) mass is 686 g/mol. The molecular formula is C45H26N4S2. The molecule has 6 heteroatoms. The van der Waals surface area contributed by atoms with Gasteiger partial charge in [-0.1, -0.05) is 127 Å². The quantitative estimate of drug-likeness (QED) is 0.185. The first-order chi connectivity index (χ1) is 25.3. The molecule has 11 rings (SSSR count). The highest BCUT2D eigenvalue weighted by molar-refractivity contribution is 7.27. The molecule has 0 unspecified atom stereocenters. The van der Waals surface area contributed by atoms with Crippen molar-refractivity contribution in [3.63, 3.8) is 0 Å². The summed E-state index contributed by atoms with van der Waals surface area (Å²) in [5.74, 6) is 1.91. The smallest absolute Gasteiger partial charge is 0.238 e. The van der Waals surface area contributed by atoms with Crippen LogP contribution in [-0.4, -0.2) is 19.5 Å². The number of para-hydroxylation sites is 2. The maximum Gasteiger partial charge on any atom is 0.238 e. The predicted octanol–water partition coefficient (Wildman–Crippen LogP) is 12.7. The predicted molar refractivity (Wildman–Crippen MR) is 216 cm³/mol. The maximum absolute atomic E-state index is 5.28. The Kier molecular flexibility index (Phi) is 6.26. The number of nitrogens with zero attached hydrogens (tertiary/aromatic N) is 4. The molecule has 0 fully saturated rings. The van der Waals surface area contributed by atoms with Crippen LogP contribution in [0.2, 0.25) is 0 Å². The van der Waals surface area contributed by atoms with Gasteiger partial charge >= 0.3 is 0 Å². The third kappa shape index (κ3) is 4.40. The molecule has 51 heavy (non-hydrogen) atoms. The molecule has 0 atom stereocenters. The summed E-state index contributed by atoms with van der Waals surface area (Å²) in [6.07, 6.45) is 0. The van der Waals surface area contributed by atoms with Crippen LogP contribution < -0.4 is 0 Å². The second kappa shape index (κ2) is 11.2. The minimum Gasteiger partial charge on any atom is -0.278 e. The van der Waals surface area contributed by atoms with Crippen molar-refractivity contribution in [1.29, 1.82) is 0 Å². The van der Waals surface area contributed by atoms with E-state index in [-0.39, 0.29) is 0 Å². The summed E-state index contributed by atoms with van der Waals surface area (Å²) in [5, 5.41) is 7.42. The highest BCUT2D eigenvalue weighted by Crippen LogP contribution is 2.45. The van der Waals surface area contributed by atoms with E-state index in [2.05, 4.69) is 144 Å². The van der Waals surface area contributed by atoms with Gasteiger partial charge in [0.05, 0.1) is 11.0 Å². The van der Waals surface area contributed by atoms with Crippen molar-refractivity contribution < 1.29 is 0 Å². The summed E-state index contributed by atoms with van der Waals surface area (Å²) in [6, 6.07) is 55.9. The van der Waals surface area contributed by atoms with Gasteiger partial charge in [0.15, 0.2) is 11.6 Å². The molecule has 4 aromatic heterocycles. The lowest BCUT2D eigenvalue weighted by molar-refractivity contribution is 0.954. The zero-order valence-corrected chi connectivity index (χ0v) is 28.7. The molecule has 0 N–H and O–H groups in total. The summed E-state index contributed by atoms with van der Waals surface area (Å²) < 4.78 is 7.24. The van der Waals surface area contributed by atoms with Crippen molar-refractivity contribution in [3.05, 3.63) is 158 Å². The molecule has 0 saturated carbocycles. The molecule has 4 heterocycles. The van der Waals surface area contributed by atoms with Gasteiger partial charge in [0.1, 0.15) is 0 Å². The average Bonchev–Trinajstić information content (AvgIpc) is 3.87. The first-order valence-electron chi connectivity index (χ1n) is 16.9. The fourth-order valence-corrected chi connectivity index (χ4v) is 10.0. The van der Waals surface area contributed by atoms with Crippen LogP contribution in [0, 0.1) is 0 Å². The summed E-state index contributed by atoms with van der Waals surface area (Å²) in [5.41, 5.74) is 6.55. The molecule has 0 radical (unpaired) electrons. The molecule has 7 aromatic carbocycles. The van der Waals surface area contributed by atoms with E-state index in [0.29, 0.717) is 17.6 Å². The Labute approximate surface area is 300 Å². The second-order valence-electron chi connectivity index (χ2n) is 12.8. The molecule has 238 valence electrons. The number of hydrogen-bond donors (Lipinski definition) is 0. The van der Waals surface area contributed by atoms with Crippen LogP contribution in [0.5, 0.6) is 0 Å². The molecule has 0 aliphatic heterocycles. The lowest BCUT2D eigenvalue weighted by atomic mass is 10.0. The number of aromatic nitrogens is 4. The SMILES string of the molecule is c1ccc(-c2nc(-c3cccc4c3sc3c(-c5ccc6c(c5)sc5ccccc56)cccc34)nc(-n3c4ccccc4c4ccccc43)n2)cc1.